The van der Waals surface area contributed by atoms with Gasteiger partial charge in [0.2, 0.25) is 0 Å². The van der Waals surface area contributed by atoms with Crippen LogP contribution in [0.5, 0.6) is 0 Å². The minimum Gasteiger partial charge on any atom is -0.289 e. The van der Waals surface area contributed by atoms with Crippen LogP contribution in [-0.2, 0) is 0 Å². The molecule has 0 fully saturated rings. The normalized spacial score (nSPS) is 22.0. The third kappa shape index (κ3) is 1.77. The minimum atomic E-state index is 0.0984. The predicted molar refractivity (Wildman–Crippen MR) is 79.7 cm³/mol. The molecule has 1 aliphatic carbocycles. The topological polar surface area (TPSA) is 17.1 Å². The molecule has 0 saturated carbocycles. The van der Waals surface area contributed by atoms with Gasteiger partial charge in [-0.05, 0) is 11.1 Å². The lowest BCUT2D eigenvalue weighted by Gasteiger charge is -2.16. The Balaban J connectivity index is 2.31. The molecule has 0 amide bonds. The van der Waals surface area contributed by atoms with Gasteiger partial charge in [-0.3, -0.25) is 4.79 Å². The molecule has 90 valence electrons. The first-order valence-electron chi connectivity index (χ1n) is 5.71. The fraction of sp³-hybridized carbons (Fsp3) is 0.133. The van der Waals surface area contributed by atoms with E-state index in [-0.39, 0.29) is 15.4 Å². The maximum absolute atomic E-state index is 12.6. The summed E-state index contributed by atoms with van der Waals surface area (Å²) in [7, 11) is 0. The van der Waals surface area contributed by atoms with Gasteiger partial charge >= 0.3 is 0 Å². The van der Waals surface area contributed by atoms with Crippen LogP contribution in [0.4, 0.5) is 0 Å². The lowest BCUT2D eigenvalue weighted by Crippen LogP contribution is -2.03. The zero-order chi connectivity index (χ0) is 12.7. The summed E-state index contributed by atoms with van der Waals surface area (Å²) in [6, 6.07) is 15.6. The second kappa shape index (κ2) is 4.63. The summed E-state index contributed by atoms with van der Waals surface area (Å²) in [6.07, 6.45) is 0. The molecule has 2 aromatic rings. The Labute approximate surface area is 122 Å². The highest BCUT2D eigenvalue weighted by atomic mass is 79.9. The summed E-state index contributed by atoms with van der Waals surface area (Å²) in [6.45, 7) is 0. The summed E-state index contributed by atoms with van der Waals surface area (Å²) in [5.74, 6) is 0.104. The molecular weight excluding hydrogens is 356 g/mol. The number of hydrogen-bond donors (Lipinski definition) is 0. The van der Waals surface area contributed by atoms with Gasteiger partial charge in [0, 0.05) is 11.1 Å². The monoisotopic (exact) mass is 364 g/mol. The SMILES string of the molecule is O=C1c2ccccc2C(Br)[C@@H](Br)c2ccccc21. The fourth-order valence-electron chi connectivity index (χ4n) is 2.35. The smallest absolute Gasteiger partial charge is 0.193 e. The minimum absolute atomic E-state index is 0.0984. The van der Waals surface area contributed by atoms with E-state index in [1.807, 2.05) is 48.5 Å². The van der Waals surface area contributed by atoms with Crippen LogP contribution in [0.25, 0.3) is 0 Å². The van der Waals surface area contributed by atoms with Crippen molar-refractivity contribution < 1.29 is 4.79 Å². The van der Waals surface area contributed by atoms with E-state index in [0.717, 1.165) is 22.3 Å². The van der Waals surface area contributed by atoms with Gasteiger partial charge in [0.25, 0.3) is 0 Å². The lowest BCUT2D eigenvalue weighted by atomic mass is 9.99. The van der Waals surface area contributed by atoms with Crippen LogP contribution >= 0.6 is 31.9 Å². The van der Waals surface area contributed by atoms with Crippen molar-refractivity contribution in [1.29, 1.82) is 0 Å². The average molecular weight is 366 g/mol. The van der Waals surface area contributed by atoms with Crippen LogP contribution in [0.2, 0.25) is 0 Å². The van der Waals surface area contributed by atoms with Gasteiger partial charge in [-0.1, -0.05) is 80.4 Å². The molecule has 0 spiro atoms. The number of fused-ring (bicyclic) bond motifs is 2. The molecular formula is C15H10Br2O. The van der Waals surface area contributed by atoms with Gasteiger partial charge < -0.3 is 0 Å². The lowest BCUT2D eigenvalue weighted by molar-refractivity contribution is 0.103. The molecule has 0 N–H and O–H groups in total. The molecule has 3 heteroatoms. The van der Waals surface area contributed by atoms with Crippen LogP contribution in [-0.4, -0.2) is 5.78 Å². The van der Waals surface area contributed by atoms with Crippen molar-refractivity contribution in [2.75, 3.05) is 0 Å². The fourth-order valence-corrected chi connectivity index (χ4v) is 3.72. The van der Waals surface area contributed by atoms with E-state index in [0.29, 0.717) is 0 Å². The summed E-state index contributed by atoms with van der Waals surface area (Å²) in [5, 5.41) is 0. The van der Waals surface area contributed by atoms with E-state index in [1.54, 1.807) is 0 Å². The third-order valence-corrected chi connectivity index (χ3v) is 6.02. The van der Waals surface area contributed by atoms with Gasteiger partial charge in [-0.25, -0.2) is 0 Å². The quantitative estimate of drug-likeness (QED) is 0.612. The first-order chi connectivity index (χ1) is 8.70. The molecule has 3 rings (SSSR count). The van der Waals surface area contributed by atoms with E-state index in [9.17, 15) is 4.79 Å². The Hall–Kier alpha value is -0.930. The highest BCUT2D eigenvalue weighted by Crippen LogP contribution is 2.47. The standard InChI is InChI=1S/C15H10Br2O/c16-13-9-5-1-3-7-11(9)15(18)12-8-4-2-6-10(12)14(13)17/h1-8,13-14H/t13-,14?/m0/s1. The van der Waals surface area contributed by atoms with Gasteiger partial charge in [-0.2, -0.15) is 0 Å². The van der Waals surface area contributed by atoms with Gasteiger partial charge in [0.1, 0.15) is 0 Å². The van der Waals surface area contributed by atoms with Crippen molar-refractivity contribution >= 4 is 37.6 Å². The summed E-state index contributed by atoms with van der Waals surface area (Å²) in [4.78, 5) is 12.8. The largest absolute Gasteiger partial charge is 0.289 e. The van der Waals surface area contributed by atoms with Crippen molar-refractivity contribution in [2.45, 2.75) is 9.65 Å². The first-order valence-corrected chi connectivity index (χ1v) is 7.54. The summed E-state index contributed by atoms with van der Waals surface area (Å²) >= 11 is 7.40. The molecule has 2 atom stereocenters. The molecule has 1 aliphatic rings. The van der Waals surface area contributed by atoms with Crippen LogP contribution in [0, 0.1) is 0 Å². The number of benzene rings is 2. The first kappa shape index (κ1) is 12.1. The zero-order valence-corrected chi connectivity index (χ0v) is 12.6. The molecule has 0 saturated heterocycles. The third-order valence-electron chi connectivity index (χ3n) is 3.26. The van der Waals surface area contributed by atoms with Crippen LogP contribution in [0.3, 0.4) is 0 Å². The maximum atomic E-state index is 12.6. The Morgan fingerprint density at radius 2 is 1.11 bits per heavy atom. The van der Waals surface area contributed by atoms with Crippen LogP contribution in [0.1, 0.15) is 36.7 Å². The molecule has 1 unspecified atom stereocenters. The molecule has 2 aromatic carbocycles. The summed E-state index contributed by atoms with van der Waals surface area (Å²) in [5.41, 5.74) is 3.66. The number of carbonyl (C=O) groups is 1. The number of alkyl halides is 2. The van der Waals surface area contributed by atoms with Crippen molar-refractivity contribution in [3.8, 4) is 0 Å². The Morgan fingerprint density at radius 1 is 0.722 bits per heavy atom. The van der Waals surface area contributed by atoms with E-state index in [1.165, 1.54) is 0 Å². The van der Waals surface area contributed by atoms with Crippen molar-refractivity contribution in [3.05, 3.63) is 70.8 Å². The van der Waals surface area contributed by atoms with Crippen molar-refractivity contribution in [2.24, 2.45) is 0 Å². The van der Waals surface area contributed by atoms with Crippen LogP contribution < -0.4 is 0 Å². The van der Waals surface area contributed by atoms with Gasteiger partial charge in [0.05, 0.1) is 9.65 Å². The number of halogens is 2. The molecule has 18 heavy (non-hydrogen) atoms. The van der Waals surface area contributed by atoms with Crippen LogP contribution in [0.15, 0.2) is 48.5 Å². The molecule has 0 aliphatic heterocycles. The van der Waals surface area contributed by atoms with Gasteiger partial charge in [-0.15, -0.1) is 0 Å². The highest BCUT2D eigenvalue weighted by Gasteiger charge is 2.31. The Morgan fingerprint density at radius 3 is 1.56 bits per heavy atom. The molecule has 0 bridgehead atoms. The van der Waals surface area contributed by atoms with E-state index in [2.05, 4.69) is 31.9 Å². The summed E-state index contributed by atoms with van der Waals surface area (Å²) < 4.78 is 0. The molecule has 0 radical (unpaired) electrons. The zero-order valence-electron chi connectivity index (χ0n) is 9.44. The number of ketones is 1. The number of rotatable bonds is 0. The van der Waals surface area contributed by atoms with Crippen molar-refractivity contribution in [1.82, 2.24) is 0 Å². The Bertz CT molecular complexity index is 568. The molecule has 0 aromatic heterocycles. The number of hydrogen-bond acceptors (Lipinski definition) is 1. The molecule has 1 nitrogen and oxygen atoms in total. The second-order valence-electron chi connectivity index (χ2n) is 4.31. The van der Waals surface area contributed by atoms with E-state index >= 15 is 0 Å². The second-order valence-corrected chi connectivity index (χ2v) is 6.28. The van der Waals surface area contributed by atoms with Crippen molar-refractivity contribution in [3.63, 3.8) is 0 Å². The number of carbonyl (C=O) groups excluding carboxylic acids is 1. The van der Waals surface area contributed by atoms with Gasteiger partial charge in [0.15, 0.2) is 5.78 Å². The maximum Gasteiger partial charge on any atom is 0.193 e. The predicted octanol–water partition coefficient (Wildman–Crippen LogP) is 4.80. The van der Waals surface area contributed by atoms with E-state index < -0.39 is 0 Å². The highest BCUT2D eigenvalue weighted by molar-refractivity contribution is 9.12. The Kier molecular flexibility index (Phi) is 3.12. The van der Waals surface area contributed by atoms with E-state index in [4.69, 9.17) is 0 Å². The average Bonchev–Trinajstić information content (AvgIpc) is 2.51. The molecule has 0 heterocycles.